The van der Waals surface area contributed by atoms with Gasteiger partial charge in [0.1, 0.15) is 42.5 Å². The second kappa shape index (κ2) is 19.6. The Morgan fingerprint density at radius 3 is 2.30 bits per heavy atom. The molecule has 2 bridgehead atoms. The van der Waals surface area contributed by atoms with Gasteiger partial charge in [0.2, 0.25) is 17.9 Å². The molecule has 63 heavy (non-hydrogen) atoms. The van der Waals surface area contributed by atoms with E-state index >= 15 is 4.79 Å². The minimum atomic E-state index is -1.56. The van der Waals surface area contributed by atoms with E-state index in [-0.39, 0.29) is 39.1 Å². The van der Waals surface area contributed by atoms with Crippen molar-refractivity contribution in [2.24, 2.45) is 10.8 Å². The molecule has 4 saturated heterocycles. The predicted molar refractivity (Wildman–Crippen MR) is 229 cm³/mol. The van der Waals surface area contributed by atoms with Crippen molar-refractivity contribution in [2.45, 2.75) is 147 Å². The van der Waals surface area contributed by atoms with Gasteiger partial charge < -0.3 is 39.0 Å². The normalized spacial score (nSPS) is 28.3. The Hall–Kier alpha value is -4.67. The van der Waals surface area contributed by atoms with Crippen LogP contribution in [0.3, 0.4) is 0 Å². The number of hydrogen-bond donors (Lipinski definition) is 2. The number of nitrogens with zero attached hydrogens (tertiary/aromatic N) is 2. The second-order valence-corrected chi connectivity index (χ2v) is 18.3. The fourth-order valence-corrected chi connectivity index (χ4v) is 9.94. The molecule has 7 rings (SSSR count). The maximum absolute atomic E-state index is 15.7. The van der Waals surface area contributed by atoms with Crippen LogP contribution < -0.4 is 5.32 Å². The summed E-state index contributed by atoms with van der Waals surface area (Å²) in [6.07, 6.45) is 5.65. The average molecular weight is 874 g/mol. The van der Waals surface area contributed by atoms with Gasteiger partial charge >= 0.3 is 17.9 Å². The van der Waals surface area contributed by atoms with Gasteiger partial charge in [0, 0.05) is 50.8 Å². The number of amides is 2. The Bertz CT molecular complexity index is 2000. The summed E-state index contributed by atoms with van der Waals surface area (Å²) in [4.78, 5) is 77.9. The molecule has 1 aliphatic carbocycles. The molecule has 15 nitrogen and oxygen atoms in total. The smallest absolute Gasteiger partial charge is 0.348 e. The maximum atomic E-state index is 15.7. The van der Waals surface area contributed by atoms with Gasteiger partial charge in [0.25, 0.3) is 0 Å². The predicted octanol–water partition coefficient (Wildman–Crippen LogP) is 4.81. The van der Waals surface area contributed by atoms with E-state index in [0.717, 1.165) is 44.1 Å². The average Bonchev–Trinajstić information content (AvgIpc) is 3.91. The van der Waals surface area contributed by atoms with Crippen molar-refractivity contribution < 1.29 is 57.6 Å². The Labute approximate surface area is 369 Å². The number of hydroxylamine groups is 2. The number of cyclic esters (lactones) is 1. The zero-order valence-corrected chi connectivity index (χ0v) is 37.1. The number of fused-ring (bicyclic) bond motifs is 4. The topological polar surface area (TPSA) is 179 Å². The molecule has 0 radical (unpaired) electrons. The number of ether oxygens (including phenoxy) is 5. The van der Waals surface area contributed by atoms with Crippen LogP contribution in [-0.4, -0.2) is 120 Å². The molecule has 0 spiro atoms. The van der Waals surface area contributed by atoms with Gasteiger partial charge in [-0.05, 0) is 35.6 Å². The molecule has 4 heterocycles. The first kappa shape index (κ1) is 46.3. The van der Waals surface area contributed by atoms with Crippen LogP contribution in [0.4, 0.5) is 0 Å². The highest BCUT2D eigenvalue weighted by atomic mass is 16.8. The first-order chi connectivity index (χ1) is 30.3. The molecule has 15 heteroatoms. The molecule has 4 aliphatic heterocycles. The molecule has 2 aromatic carbocycles. The van der Waals surface area contributed by atoms with E-state index in [1.54, 1.807) is 39.1 Å². The van der Waals surface area contributed by atoms with Crippen molar-refractivity contribution in [3.63, 3.8) is 0 Å². The number of likely N-dealkylation sites (N-methyl/N-ethyl adjacent to an activating group) is 1. The van der Waals surface area contributed by atoms with E-state index in [0.29, 0.717) is 24.0 Å². The number of benzene rings is 2. The second-order valence-electron chi connectivity index (χ2n) is 18.3. The SMILES string of the molecule is CCCCCC1(CCCCC)O[C@@H]2[C@H](O1)[C@H]1ON(Cc3ccccc3C=CC(=O)O[C@H]3C(=O)OCC3(C)C)[C@H]3C(=O)O[C@@H]2C[C@@]13C(=O)N(C)[C@H](Cc1ccccc1)C(=O)NCCO. The molecule has 1 saturated carbocycles. The lowest BCUT2D eigenvalue weighted by atomic mass is 9.62. The largest absolute Gasteiger partial charge is 0.462 e. The number of aliphatic hydroxyl groups excluding tert-OH is 1. The number of aliphatic hydroxyl groups is 1. The summed E-state index contributed by atoms with van der Waals surface area (Å²) in [5.74, 6) is -3.86. The van der Waals surface area contributed by atoms with Crippen molar-refractivity contribution in [2.75, 3.05) is 26.8 Å². The summed E-state index contributed by atoms with van der Waals surface area (Å²) in [5.41, 5.74) is -0.161. The highest BCUT2D eigenvalue weighted by molar-refractivity contribution is 5.96. The third-order valence-electron chi connectivity index (χ3n) is 13.3. The van der Waals surface area contributed by atoms with Crippen LogP contribution in [0.1, 0.15) is 102 Å². The summed E-state index contributed by atoms with van der Waals surface area (Å²) < 4.78 is 30.9. The molecule has 2 N–H and O–H groups in total. The Kier molecular flexibility index (Phi) is 14.4. The molecule has 5 fully saturated rings. The number of rotatable bonds is 20. The van der Waals surface area contributed by atoms with E-state index in [1.165, 1.54) is 16.0 Å². The summed E-state index contributed by atoms with van der Waals surface area (Å²) in [5, 5.41) is 13.9. The molecule has 5 aliphatic rings. The minimum Gasteiger partial charge on any atom is -0.462 e. The third-order valence-corrected chi connectivity index (χ3v) is 13.3. The first-order valence-electron chi connectivity index (χ1n) is 22.6. The fourth-order valence-electron chi connectivity index (χ4n) is 9.94. The summed E-state index contributed by atoms with van der Waals surface area (Å²) in [6.45, 7) is 7.70. The molecule has 2 amide bonds. The number of esters is 3. The molecule has 342 valence electrons. The van der Waals surface area contributed by atoms with Crippen molar-refractivity contribution in [3.8, 4) is 0 Å². The van der Waals surface area contributed by atoms with Crippen LogP contribution in [0.25, 0.3) is 6.08 Å². The minimum absolute atomic E-state index is 0.00195. The van der Waals surface area contributed by atoms with E-state index in [2.05, 4.69) is 19.2 Å². The number of carbonyl (C=O) groups is 5. The molecule has 8 atom stereocenters. The van der Waals surface area contributed by atoms with Gasteiger partial charge in [-0.1, -0.05) is 108 Å². The molecule has 0 aromatic heterocycles. The van der Waals surface area contributed by atoms with Crippen LogP contribution in [0.5, 0.6) is 0 Å². The van der Waals surface area contributed by atoms with Gasteiger partial charge in [-0.15, -0.1) is 0 Å². The van der Waals surface area contributed by atoms with Gasteiger partial charge in [-0.25, -0.2) is 9.59 Å². The van der Waals surface area contributed by atoms with Crippen LogP contribution in [0.15, 0.2) is 60.7 Å². The lowest BCUT2D eigenvalue weighted by Gasteiger charge is -2.50. The third kappa shape index (κ3) is 9.44. The Morgan fingerprint density at radius 1 is 0.952 bits per heavy atom. The maximum Gasteiger partial charge on any atom is 0.348 e. The van der Waals surface area contributed by atoms with Crippen LogP contribution >= 0.6 is 0 Å². The van der Waals surface area contributed by atoms with Gasteiger partial charge in [0.05, 0.1) is 13.2 Å². The number of unbranched alkanes of at least 4 members (excludes halogenated alkanes) is 4. The number of nitrogens with one attached hydrogen (secondary N) is 1. The molecule has 2 aromatic rings. The van der Waals surface area contributed by atoms with Crippen molar-refractivity contribution in [1.82, 2.24) is 15.3 Å². The van der Waals surface area contributed by atoms with Gasteiger partial charge in [-0.2, -0.15) is 5.06 Å². The van der Waals surface area contributed by atoms with Crippen LogP contribution in [0.2, 0.25) is 0 Å². The fraction of sp³-hybridized carbons (Fsp3) is 0.604. The molecule has 0 unspecified atom stereocenters. The van der Waals surface area contributed by atoms with Crippen molar-refractivity contribution >= 4 is 35.8 Å². The summed E-state index contributed by atoms with van der Waals surface area (Å²) in [7, 11) is 1.57. The first-order valence-corrected chi connectivity index (χ1v) is 22.6. The van der Waals surface area contributed by atoms with E-state index in [9.17, 15) is 24.3 Å². The summed E-state index contributed by atoms with van der Waals surface area (Å²) >= 11 is 0. The zero-order valence-electron chi connectivity index (χ0n) is 37.1. The summed E-state index contributed by atoms with van der Waals surface area (Å²) in [6, 6.07) is 14.3. The number of carbonyl (C=O) groups excluding carboxylic acids is 5. The van der Waals surface area contributed by atoms with Crippen LogP contribution in [-0.2, 0) is 65.5 Å². The van der Waals surface area contributed by atoms with Gasteiger partial charge in [-0.3, -0.25) is 19.2 Å². The van der Waals surface area contributed by atoms with Crippen molar-refractivity contribution in [1.29, 1.82) is 0 Å². The van der Waals surface area contributed by atoms with Crippen molar-refractivity contribution in [3.05, 3.63) is 77.4 Å². The molecular weight excluding hydrogens is 811 g/mol. The number of hydrogen-bond acceptors (Lipinski definition) is 13. The zero-order chi connectivity index (χ0) is 44.9. The van der Waals surface area contributed by atoms with Crippen LogP contribution in [0, 0.1) is 10.8 Å². The molecular formula is C48H63N3O12. The van der Waals surface area contributed by atoms with E-state index < -0.39 is 88.9 Å². The Morgan fingerprint density at radius 2 is 1.63 bits per heavy atom. The monoisotopic (exact) mass is 873 g/mol. The van der Waals surface area contributed by atoms with E-state index in [1.807, 2.05) is 42.5 Å². The highest BCUT2D eigenvalue weighted by Crippen LogP contribution is 2.58. The quantitative estimate of drug-likeness (QED) is 0.0802. The van der Waals surface area contributed by atoms with Gasteiger partial charge in [0.15, 0.2) is 11.8 Å². The lowest BCUT2D eigenvalue weighted by Crippen LogP contribution is -2.70. The highest BCUT2D eigenvalue weighted by Gasteiger charge is 2.76. The van der Waals surface area contributed by atoms with E-state index in [4.69, 9.17) is 28.5 Å². The lowest BCUT2D eigenvalue weighted by molar-refractivity contribution is -0.225. The standard InChI is InChI=1S/C48H63N3O12/c1-6-8-15-23-47(24-16-9-7-2)61-37-35-28-48(45(57)50(5)34(42(54)49-25-26-52)27-31-17-11-10-12-18-31)39(43(55)59-35)51(63-40(48)38(37)62-47)29-33-20-14-13-19-32(33)21-22-36(53)60-41-44(56)58-30-46(41,3)4/h10-14,17-22,34-35,37-41,52H,6-9,15-16,23-30H2,1-5H3,(H,49,54)/t34-,35-,37+,38+,39+,40-,41+,48+/m1/s1. The Balaban J connectivity index is 1.24.